The Balaban J connectivity index is 1.69. The van der Waals surface area contributed by atoms with Crippen molar-refractivity contribution in [2.45, 2.75) is 19.3 Å². The lowest BCUT2D eigenvalue weighted by atomic mass is 10.2. The molecule has 0 unspecified atom stereocenters. The molecule has 2 aromatic rings. The van der Waals surface area contributed by atoms with Crippen molar-refractivity contribution in [3.8, 4) is 0 Å². The molecule has 1 N–H and O–H groups in total. The minimum Gasteiger partial charge on any atom is -0.375 e. The third-order valence-corrected chi connectivity index (χ3v) is 5.59. The van der Waals surface area contributed by atoms with Crippen LogP contribution >= 0.6 is 0 Å². The van der Waals surface area contributed by atoms with Gasteiger partial charge in [0.15, 0.2) is 0 Å². The van der Waals surface area contributed by atoms with Crippen LogP contribution in [0.2, 0.25) is 0 Å². The van der Waals surface area contributed by atoms with E-state index in [1.165, 1.54) is 10.6 Å². The average Bonchev–Trinajstić information content (AvgIpc) is 2.69. The zero-order valence-electron chi connectivity index (χ0n) is 16.5. The predicted octanol–water partition coefficient (Wildman–Crippen LogP) is 2.88. The van der Waals surface area contributed by atoms with E-state index in [4.69, 9.17) is 0 Å². The topological polar surface area (TPSA) is 69.7 Å². The lowest BCUT2D eigenvalue weighted by Gasteiger charge is -2.22. The summed E-state index contributed by atoms with van der Waals surface area (Å²) in [5, 5.41) is 2.91. The molecule has 0 aromatic heterocycles. The van der Waals surface area contributed by atoms with Crippen LogP contribution in [0.15, 0.2) is 60.7 Å². The molecule has 0 bridgehead atoms. The number of sulfonamides is 1. The van der Waals surface area contributed by atoms with Crippen molar-refractivity contribution < 1.29 is 13.2 Å². The Morgan fingerprint density at radius 2 is 1.46 bits per heavy atom. The molecular weight excluding hydrogens is 374 g/mol. The van der Waals surface area contributed by atoms with Crippen LogP contribution in [-0.4, -0.2) is 47.3 Å². The quantitative estimate of drug-likeness (QED) is 0.586. The van der Waals surface area contributed by atoms with Gasteiger partial charge in [0.05, 0.1) is 11.9 Å². The van der Waals surface area contributed by atoms with Gasteiger partial charge in [0, 0.05) is 38.8 Å². The van der Waals surface area contributed by atoms with E-state index in [9.17, 15) is 13.2 Å². The second-order valence-electron chi connectivity index (χ2n) is 6.73. The van der Waals surface area contributed by atoms with Gasteiger partial charge in [-0.3, -0.25) is 9.10 Å². The fourth-order valence-corrected chi connectivity index (χ4v) is 3.87. The highest BCUT2D eigenvalue weighted by Crippen LogP contribution is 2.17. The molecule has 7 heteroatoms. The van der Waals surface area contributed by atoms with E-state index in [1.807, 2.05) is 31.3 Å². The van der Waals surface area contributed by atoms with Gasteiger partial charge < -0.3 is 10.2 Å². The molecule has 0 atom stereocenters. The molecule has 0 saturated heterocycles. The van der Waals surface area contributed by atoms with E-state index in [0.29, 0.717) is 25.1 Å². The maximum Gasteiger partial charge on any atom is 0.232 e. The Morgan fingerprint density at radius 1 is 0.893 bits per heavy atom. The number of carbonyl (C=O) groups is 1. The van der Waals surface area contributed by atoms with Gasteiger partial charge in [0.25, 0.3) is 0 Å². The summed E-state index contributed by atoms with van der Waals surface area (Å²) < 4.78 is 25.4. The van der Waals surface area contributed by atoms with Crippen molar-refractivity contribution in [2.24, 2.45) is 0 Å². The summed E-state index contributed by atoms with van der Waals surface area (Å²) in [5.74, 6) is -0.0520. The Kier molecular flexibility index (Phi) is 8.32. The first-order chi connectivity index (χ1) is 13.4. The molecule has 0 fully saturated rings. The molecule has 2 rings (SSSR count). The number of amides is 1. The third kappa shape index (κ3) is 7.23. The maximum absolute atomic E-state index is 12.0. The van der Waals surface area contributed by atoms with Crippen LogP contribution in [0.4, 0.5) is 11.4 Å². The highest BCUT2D eigenvalue weighted by molar-refractivity contribution is 7.92. The molecule has 152 valence electrons. The minimum atomic E-state index is -3.38. The molecule has 28 heavy (non-hydrogen) atoms. The molecule has 0 aliphatic heterocycles. The second kappa shape index (κ2) is 10.7. The van der Waals surface area contributed by atoms with Crippen molar-refractivity contribution in [1.82, 2.24) is 5.32 Å². The Hall–Kier alpha value is -2.54. The fraction of sp³-hybridized carbons (Fsp3) is 0.381. The lowest BCUT2D eigenvalue weighted by molar-refractivity contribution is -0.121. The van der Waals surface area contributed by atoms with Gasteiger partial charge in [-0.05, 0) is 37.1 Å². The summed E-state index contributed by atoms with van der Waals surface area (Å²) in [5.41, 5.74) is 1.77. The van der Waals surface area contributed by atoms with Gasteiger partial charge in [-0.15, -0.1) is 0 Å². The van der Waals surface area contributed by atoms with E-state index in [0.717, 1.165) is 18.7 Å². The second-order valence-corrected chi connectivity index (χ2v) is 8.64. The Bertz CT molecular complexity index is 826. The largest absolute Gasteiger partial charge is 0.375 e. The molecule has 0 aliphatic rings. The fourth-order valence-electron chi connectivity index (χ4n) is 2.91. The van der Waals surface area contributed by atoms with Crippen molar-refractivity contribution in [2.75, 3.05) is 42.1 Å². The maximum atomic E-state index is 12.0. The number of hydrogen-bond donors (Lipinski definition) is 1. The van der Waals surface area contributed by atoms with Crippen LogP contribution in [-0.2, 0) is 14.8 Å². The SMILES string of the molecule is CN(CCCNC(=O)CCCN(c1ccccc1)S(C)(=O)=O)c1ccccc1. The number of nitrogens with one attached hydrogen (secondary N) is 1. The van der Waals surface area contributed by atoms with Crippen LogP contribution in [0, 0.1) is 0 Å². The minimum absolute atomic E-state index is 0.0520. The molecular formula is C21H29N3O3S. The Morgan fingerprint density at radius 3 is 2.04 bits per heavy atom. The highest BCUT2D eigenvalue weighted by Gasteiger charge is 2.17. The molecule has 2 aromatic carbocycles. The molecule has 6 nitrogen and oxygen atoms in total. The lowest BCUT2D eigenvalue weighted by Crippen LogP contribution is -2.32. The number of carbonyl (C=O) groups excluding carboxylic acids is 1. The summed E-state index contributed by atoms with van der Waals surface area (Å²) in [7, 11) is -1.35. The molecule has 0 radical (unpaired) electrons. The molecule has 0 heterocycles. The molecule has 0 saturated carbocycles. The number of rotatable bonds is 11. The van der Waals surface area contributed by atoms with Gasteiger partial charge in [0.2, 0.25) is 15.9 Å². The summed E-state index contributed by atoms with van der Waals surface area (Å²) in [6.07, 6.45) is 2.80. The third-order valence-electron chi connectivity index (χ3n) is 4.40. The number of para-hydroxylation sites is 2. The first-order valence-corrected chi connectivity index (χ1v) is 11.3. The summed E-state index contributed by atoms with van der Waals surface area (Å²) in [4.78, 5) is 14.2. The van der Waals surface area contributed by atoms with E-state index >= 15 is 0 Å². The van der Waals surface area contributed by atoms with Crippen LogP contribution in [0.25, 0.3) is 0 Å². The van der Waals surface area contributed by atoms with Crippen molar-refractivity contribution >= 4 is 27.3 Å². The van der Waals surface area contributed by atoms with Crippen molar-refractivity contribution in [1.29, 1.82) is 0 Å². The van der Waals surface area contributed by atoms with E-state index in [1.54, 1.807) is 24.3 Å². The Labute approximate surface area is 168 Å². The van der Waals surface area contributed by atoms with Crippen LogP contribution in [0.1, 0.15) is 19.3 Å². The van der Waals surface area contributed by atoms with Gasteiger partial charge in [-0.1, -0.05) is 36.4 Å². The number of anilines is 2. The monoisotopic (exact) mass is 403 g/mol. The van der Waals surface area contributed by atoms with E-state index in [-0.39, 0.29) is 12.5 Å². The number of hydrogen-bond acceptors (Lipinski definition) is 4. The standard InChI is InChI=1S/C21H29N3O3S/c1-23(19-11-5-3-6-12-19)17-10-16-22-21(25)15-9-18-24(28(2,26)27)20-13-7-4-8-14-20/h3-8,11-14H,9-10,15-18H2,1-2H3,(H,22,25). The average molecular weight is 404 g/mol. The highest BCUT2D eigenvalue weighted by atomic mass is 32.2. The van der Waals surface area contributed by atoms with E-state index < -0.39 is 10.0 Å². The number of nitrogens with zero attached hydrogens (tertiary/aromatic N) is 2. The van der Waals surface area contributed by atoms with Crippen LogP contribution in [0.5, 0.6) is 0 Å². The van der Waals surface area contributed by atoms with E-state index in [2.05, 4.69) is 22.3 Å². The normalized spacial score (nSPS) is 11.1. The molecule has 0 spiro atoms. The first kappa shape index (κ1) is 21.8. The first-order valence-electron chi connectivity index (χ1n) is 9.43. The zero-order valence-corrected chi connectivity index (χ0v) is 17.4. The van der Waals surface area contributed by atoms with Crippen molar-refractivity contribution in [3.63, 3.8) is 0 Å². The van der Waals surface area contributed by atoms with Crippen LogP contribution < -0.4 is 14.5 Å². The van der Waals surface area contributed by atoms with Gasteiger partial charge in [0.1, 0.15) is 0 Å². The number of benzene rings is 2. The molecule has 1 amide bonds. The van der Waals surface area contributed by atoms with Gasteiger partial charge >= 0.3 is 0 Å². The van der Waals surface area contributed by atoms with Crippen molar-refractivity contribution in [3.05, 3.63) is 60.7 Å². The predicted molar refractivity (Wildman–Crippen MR) is 115 cm³/mol. The smallest absolute Gasteiger partial charge is 0.232 e. The van der Waals surface area contributed by atoms with Crippen LogP contribution in [0.3, 0.4) is 0 Å². The zero-order chi connectivity index (χ0) is 20.4. The molecule has 0 aliphatic carbocycles. The summed E-state index contributed by atoms with van der Waals surface area (Å²) >= 11 is 0. The van der Waals surface area contributed by atoms with Gasteiger partial charge in [-0.25, -0.2) is 8.42 Å². The summed E-state index contributed by atoms with van der Waals surface area (Å²) in [6, 6.07) is 19.0. The van der Waals surface area contributed by atoms with Gasteiger partial charge in [-0.2, -0.15) is 0 Å². The summed E-state index contributed by atoms with van der Waals surface area (Å²) in [6.45, 7) is 1.73.